The van der Waals surface area contributed by atoms with Gasteiger partial charge in [0, 0.05) is 17.3 Å². The van der Waals surface area contributed by atoms with Crippen molar-refractivity contribution in [2.45, 2.75) is 39.2 Å². The number of rotatable bonds is 7. The molecule has 20 heavy (non-hydrogen) atoms. The van der Waals surface area contributed by atoms with Crippen molar-refractivity contribution in [3.05, 3.63) is 29.8 Å². The Kier molecular flexibility index (Phi) is 6.56. The van der Waals surface area contributed by atoms with Gasteiger partial charge in [0.15, 0.2) is 0 Å². The van der Waals surface area contributed by atoms with Crippen LogP contribution < -0.4 is 16.4 Å². The fourth-order valence-electron chi connectivity index (χ4n) is 1.90. The van der Waals surface area contributed by atoms with E-state index in [4.69, 9.17) is 5.73 Å². The van der Waals surface area contributed by atoms with E-state index in [1.165, 1.54) is 0 Å². The Morgan fingerprint density at radius 1 is 1.20 bits per heavy atom. The van der Waals surface area contributed by atoms with E-state index >= 15 is 0 Å². The van der Waals surface area contributed by atoms with Crippen LogP contribution in [0.25, 0.3) is 0 Å². The van der Waals surface area contributed by atoms with E-state index in [0.717, 1.165) is 19.3 Å². The highest BCUT2D eigenvalue weighted by Gasteiger charge is 2.11. The molecular weight excluding hydrogens is 254 g/mol. The minimum atomic E-state index is -0.274. The first-order valence-corrected chi connectivity index (χ1v) is 6.99. The lowest BCUT2D eigenvalue weighted by atomic mass is 10.1. The molecule has 0 aliphatic heterocycles. The Bertz CT molecular complexity index is 443. The molecule has 0 saturated heterocycles. The molecular formula is C15H23N3O2. The highest BCUT2D eigenvalue weighted by molar-refractivity contribution is 5.96. The summed E-state index contributed by atoms with van der Waals surface area (Å²) in [7, 11) is 0. The third kappa shape index (κ3) is 5.30. The molecule has 0 radical (unpaired) electrons. The Morgan fingerprint density at radius 2 is 1.85 bits per heavy atom. The van der Waals surface area contributed by atoms with E-state index in [1.807, 2.05) is 6.92 Å². The maximum atomic E-state index is 11.8. The van der Waals surface area contributed by atoms with Crippen LogP contribution in [0.3, 0.4) is 0 Å². The molecule has 1 rings (SSSR count). The SMILES string of the molecule is CCCC(CC)NC(=O)CNC(=O)c1ccc(N)cc1. The van der Waals surface area contributed by atoms with Gasteiger partial charge in [-0.05, 0) is 37.1 Å². The zero-order valence-electron chi connectivity index (χ0n) is 12.1. The lowest BCUT2D eigenvalue weighted by Crippen LogP contribution is -2.41. The van der Waals surface area contributed by atoms with Crippen LogP contribution in [-0.4, -0.2) is 24.4 Å². The predicted molar refractivity (Wildman–Crippen MR) is 80.3 cm³/mol. The van der Waals surface area contributed by atoms with Gasteiger partial charge >= 0.3 is 0 Å². The van der Waals surface area contributed by atoms with Crippen LogP contribution in [0.15, 0.2) is 24.3 Å². The zero-order valence-corrected chi connectivity index (χ0v) is 12.1. The minimum absolute atomic E-state index is 0.0105. The van der Waals surface area contributed by atoms with Crippen molar-refractivity contribution >= 4 is 17.5 Å². The molecule has 110 valence electrons. The average Bonchev–Trinajstić information content (AvgIpc) is 2.45. The molecule has 0 aliphatic rings. The molecule has 0 heterocycles. The quantitative estimate of drug-likeness (QED) is 0.663. The number of nitrogen functional groups attached to an aromatic ring is 1. The molecule has 5 nitrogen and oxygen atoms in total. The molecule has 2 amide bonds. The molecule has 1 unspecified atom stereocenters. The van der Waals surface area contributed by atoms with Crippen molar-refractivity contribution < 1.29 is 9.59 Å². The highest BCUT2D eigenvalue weighted by atomic mass is 16.2. The third-order valence-corrected chi connectivity index (χ3v) is 3.08. The van der Waals surface area contributed by atoms with Gasteiger partial charge in [-0.2, -0.15) is 0 Å². The fraction of sp³-hybridized carbons (Fsp3) is 0.467. The van der Waals surface area contributed by atoms with E-state index in [9.17, 15) is 9.59 Å². The second-order valence-electron chi connectivity index (χ2n) is 4.77. The molecule has 0 bridgehead atoms. The first kappa shape index (κ1) is 16.0. The Hall–Kier alpha value is -2.04. The number of carbonyl (C=O) groups excluding carboxylic acids is 2. The fourth-order valence-corrected chi connectivity index (χ4v) is 1.90. The molecule has 1 atom stereocenters. The molecule has 0 saturated carbocycles. The zero-order chi connectivity index (χ0) is 15.0. The summed E-state index contributed by atoms with van der Waals surface area (Å²) in [5.74, 6) is -0.433. The molecule has 4 N–H and O–H groups in total. The minimum Gasteiger partial charge on any atom is -0.399 e. The second kappa shape index (κ2) is 8.19. The van der Waals surface area contributed by atoms with Gasteiger partial charge in [0.25, 0.3) is 5.91 Å². The van der Waals surface area contributed by atoms with E-state index in [0.29, 0.717) is 11.3 Å². The number of anilines is 1. The van der Waals surface area contributed by atoms with Gasteiger partial charge in [0.1, 0.15) is 0 Å². The first-order chi connectivity index (χ1) is 9.56. The smallest absolute Gasteiger partial charge is 0.251 e. The number of benzene rings is 1. The van der Waals surface area contributed by atoms with E-state index in [2.05, 4.69) is 17.6 Å². The Labute approximate surface area is 119 Å². The topological polar surface area (TPSA) is 84.2 Å². The average molecular weight is 277 g/mol. The summed E-state index contributed by atoms with van der Waals surface area (Å²) in [6, 6.07) is 6.76. The molecule has 0 spiro atoms. The van der Waals surface area contributed by atoms with Crippen LogP contribution in [0.2, 0.25) is 0 Å². The monoisotopic (exact) mass is 277 g/mol. The summed E-state index contributed by atoms with van der Waals surface area (Å²) >= 11 is 0. The van der Waals surface area contributed by atoms with Crippen molar-refractivity contribution in [2.75, 3.05) is 12.3 Å². The number of nitrogens with two attached hydrogens (primary N) is 1. The number of hydrogen-bond acceptors (Lipinski definition) is 3. The number of carbonyl (C=O) groups is 2. The highest BCUT2D eigenvalue weighted by Crippen LogP contribution is 2.05. The van der Waals surface area contributed by atoms with Gasteiger partial charge in [-0.25, -0.2) is 0 Å². The number of nitrogens with one attached hydrogen (secondary N) is 2. The van der Waals surface area contributed by atoms with Crippen molar-refractivity contribution in [3.8, 4) is 0 Å². The third-order valence-electron chi connectivity index (χ3n) is 3.08. The predicted octanol–water partition coefficient (Wildman–Crippen LogP) is 1.69. The number of amides is 2. The van der Waals surface area contributed by atoms with Crippen molar-refractivity contribution in [1.29, 1.82) is 0 Å². The van der Waals surface area contributed by atoms with E-state index in [-0.39, 0.29) is 24.4 Å². The first-order valence-electron chi connectivity index (χ1n) is 6.99. The van der Waals surface area contributed by atoms with Crippen LogP contribution in [0.1, 0.15) is 43.5 Å². The molecule has 0 aromatic heterocycles. The van der Waals surface area contributed by atoms with E-state index in [1.54, 1.807) is 24.3 Å². The molecule has 1 aromatic carbocycles. The van der Waals surface area contributed by atoms with E-state index < -0.39 is 0 Å². The normalized spacial score (nSPS) is 11.7. The second-order valence-corrected chi connectivity index (χ2v) is 4.77. The number of hydrogen-bond donors (Lipinski definition) is 3. The summed E-state index contributed by atoms with van der Waals surface area (Å²) in [6.45, 7) is 4.11. The van der Waals surface area contributed by atoms with Crippen LogP contribution in [0, 0.1) is 0 Å². The van der Waals surface area contributed by atoms with Crippen LogP contribution in [0.5, 0.6) is 0 Å². The standard InChI is InChI=1S/C15H23N3O2/c1-3-5-13(4-2)18-14(19)10-17-15(20)11-6-8-12(16)9-7-11/h6-9,13H,3-5,10,16H2,1-2H3,(H,17,20)(H,18,19). The molecule has 0 fully saturated rings. The molecule has 1 aromatic rings. The van der Waals surface area contributed by atoms with Gasteiger partial charge in [0.05, 0.1) is 6.54 Å². The summed E-state index contributed by atoms with van der Waals surface area (Å²) in [6.07, 6.45) is 2.87. The molecule has 0 aliphatic carbocycles. The lowest BCUT2D eigenvalue weighted by molar-refractivity contribution is -0.120. The van der Waals surface area contributed by atoms with Crippen molar-refractivity contribution in [2.24, 2.45) is 0 Å². The van der Waals surface area contributed by atoms with Crippen LogP contribution in [0.4, 0.5) is 5.69 Å². The van der Waals surface area contributed by atoms with Crippen LogP contribution in [-0.2, 0) is 4.79 Å². The Balaban J connectivity index is 2.40. The van der Waals surface area contributed by atoms with Gasteiger partial charge in [-0.3, -0.25) is 9.59 Å². The van der Waals surface area contributed by atoms with Crippen molar-refractivity contribution in [1.82, 2.24) is 10.6 Å². The maximum absolute atomic E-state index is 11.8. The van der Waals surface area contributed by atoms with Crippen molar-refractivity contribution in [3.63, 3.8) is 0 Å². The van der Waals surface area contributed by atoms with Gasteiger partial charge in [0.2, 0.25) is 5.91 Å². The molecule has 5 heteroatoms. The van der Waals surface area contributed by atoms with Gasteiger partial charge in [-0.1, -0.05) is 20.3 Å². The summed E-state index contributed by atoms with van der Waals surface area (Å²) in [5.41, 5.74) is 6.65. The lowest BCUT2D eigenvalue weighted by Gasteiger charge is -2.16. The summed E-state index contributed by atoms with van der Waals surface area (Å²) in [5, 5.41) is 5.51. The summed E-state index contributed by atoms with van der Waals surface area (Å²) < 4.78 is 0. The van der Waals surface area contributed by atoms with Gasteiger partial charge in [-0.15, -0.1) is 0 Å². The maximum Gasteiger partial charge on any atom is 0.251 e. The largest absolute Gasteiger partial charge is 0.399 e. The van der Waals surface area contributed by atoms with Gasteiger partial charge < -0.3 is 16.4 Å². The Morgan fingerprint density at radius 3 is 2.40 bits per heavy atom. The summed E-state index contributed by atoms with van der Waals surface area (Å²) in [4.78, 5) is 23.5. The van der Waals surface area contributed by atoms with Crippen LogP contribution >= 0.6 is 0 Å².